The lowest BCUT2D eigenvalue weighted by atomic mass is 10.0. The molecule has 0 aliphatic carbocycles. The van der Waals surface area contributed by atoms with Crippen LogP contribution in [0.15, 0.2) is 29.4 Å². The first-order chi connectivity index (χ1) is 8.99. The van der Waals surface area contributed by atoms with E-state index in [-0.39, 0.29) is 11.3 Å². The normalized spacial score (nSPS) is 14.4. The molecule has 0 saturated heterocycles. The van der Waals surface area contributed by atoms with E-state index in [1.807, 2.05) is 18.5 Å². The zero-order valence-electron chi connectivity index (χ0n) is 11.8. The minimum Gasteiger partial charge on any atom is -0.323 e. The van der Waals surface area contributed by atoms with Crippen molar-refractivity contribution < 1.29 is 0 Å². The number of thioether (sulfide) groups is 1. The smallest absolute Gasteiger partial charge is 0.191 e. The molecule has 2 rings (SSSR count). The Balaban J connectivity index is 2.09. The molecule has 0 fully saturated rings. The van der Waals surface area contributed by atoms with Crippen LogP contribution in [0.5, 0.6) is 0 Å². The lowest BCUT2D eigenvalue weighted by Gasteiger charge is -2.19. The second-order valence-electron chi connectivity index (χ2n) is 4.85. The summed E-state index contributed by atoms with van der Waals surface area (Å²) in [5, 5.41) is 9.38. The summed E-state index contributed by atoms with van der Waals surface area (Å²) in [6.45, 7) is 6.15. The molecule has 0 amide bonds. The summed E-state index contributed by atoms with van der Waals surface area (Å²) < 4.78 is 1.99. The SMILES string of the molecule is Cc1ccc(C(N)C(C)Sc2nnc(C)n2C)cc1. The van der Waals surface area contributed by atoms with Gasteiger partial charge in [-0.2, -0.15) is 0 Å². The lowest BCUT2D eigenvalue weighted by molar-refractivity contribution is 0.702. The van der Waals surface area contributed by atoms with Gasteiger partial charge in [-0.3, -0.25) is 0 Å². The molecular weight excluding hydrogens is 256 g/mol. The van der Waals surface area contributed by atoms with Gasteiger partial charge in [0.25, 0.3) is 0 Å². The third-order valence-corrected chi connectivity index (χ3v) is 4.54. The number of aryl methyl sites for hydroxylation is 2. The van der Waals surface area contributed by atoms with Gasteiger partial charge in [0.05, 0.1) is 0 Å². The third kappa shape index (κ3) is 3.16. The highest BCUT2D eigenvalue weighted by molar-refractivity contribution is 7.99. The largest absolute Gasteiger partial charge is 0.323 e. The molecule has 2 aromatic rings. The predicted octanol–water partition coefficient (Wildman–Crippen LogP) is 2.61. The van der Waals surface area contributed by atoms with E-state index in [1.165, 1.54) is 5.56 Å². The van der Waals surface area contributed by atoms with E-state index in [0.717, 1.165) is 16.5 Å². The molecule has 2 atom stereocenters. The van der Waals surface area contributed by atoms with Crippen LogP contribution in [-0.2, 0) is 7.05 Å². The topological polar surface area (TPSA) is 56.7 Å². The van der Waals surface area contributed by atoms with Crippen LogP contribution in [0.25, 0.3) is 0 Å². The molecule has 4 nitrogen and oxygen atoms in total. The summed E-state index contributed by atoms with van der Waals surface area (Å²) in [5.41, 5.74) is 8.72. The molecule has 0 aliphatic rings. The van der Waals surface area contributed by atoms with E-state index in [1.54, 1.807) is 11.8 Å². The Hall–Kier alpha value is -1.33. The van der Waals surface area contributed by atoms with Crippen LogP contribution in [-0.4, -0.2) is 20.0 Å². The van der Waals surface area contributed by atoms with Gasteiger partial charge in [0.1, 0.15) is 5.82 Å². The first-order valence-electron chi connectivity index (χ1n) is 6.34. The van der Waals surface area contributed by atoms with Crippen LogP contribution < -0.4 is 5.73 Å². The van der Waals surface area contributed by atoms with E-state index in [0.29, 0.717) is 0 Å². The van der Waals surface area contributed by atoms with Gasteiger partial charge in [-0.25, -0.2) is 0 Å². The van der Waals surface area contributed by atoms with Crippen molar-refractivity contribution in [2.24, 2.45) is 12.8 Å². The molecule has 1 aromatic heterocycles. The van der Waals surface area contributed by atoms with Gasteiger partial charge < -0.3 is 10.3 Å². The van der Waals surface area contributed by atoms with Gasteiger partial charge in [-0.1, -0.05) is 48.5 Å². The molecule has 5 heteroatoms. The lowest BCUT2D eigenvalue weighted by Crippen LogP contribution is -2.21. The van der Waals surface area contributed by atoms with E-state index in [9.17, 15) is 0 Å². The van der Waals surface area contributed by atoms with Crippen molar-refractivity contribution in [3.63, 3.8) is 0 Å². The summed E-state index contributed by atoms with van der Waals surface area (Å²) in [5.74, 6) is 0.915. The quantitative estimate of drug-likeness (QED) is 0.872. The van der Waals surface area contributed by atoms with Crippen molar-refractivity contribution in [2.45, 2.75) is 37.2 Å². The number of rotatable bonds is 4. The number of hydrogen-bond donors (Lipinski definition) is 1. The van der Waals surface area contributed by atoms with Gasteiger partial charge in [0.15, 0.2) is 5.16 Å². The van der Waals surface area contributed by atoms with Crippen LogP contribution in [0.3, 0.4) is 0 Å². The van der Waals surface area contributed by atoms with Crippen LogP contribution in [0.4, 0.5) is 0 Å². The van der Waals surface area contributed by atoms with Gasteiger partial charge in [0, 0.05) is 18.3 Å². The van der Waals surface area contributed by atoms with Crippen molar-refractivity contribution in [2.75, 3.05) is 0 Å². The highest BCUT2D eigenvalue weighted by Gasteiger charge is 2.18. The minimum absolute atomic E-state index is 0.0115. The van der Waals surface area contributed by atoms with Gasteiger partial charge >= 0.3 is 0 Å². The molecule has 0 saturated carbocycles. The Kier molecular flexibility index (Phi) is 4.27. The van der Waals surface area contributed by atoms with Crippen LogP contribution in [0, 0.1) is 13.8 Å². The minimum atomic E-state index is -0.0115. The summed E-state index contributed by atoms with van der Waals surface area (Å²) in [4.78, 5) is 0. The summed E-state index contributed by atoms with van der Waals surface area (Å²) in [6.07, 6.45) is 0. The van der Waals surface area contributed by atoms with E-state index in [2.05, 4.69) is 48.3 Å². The van der Waals surface area contributed by atoms with Crippen molar-refractivity contribution in [3.8, 4) is 0 Å². The molecule has 1 heterocycles. The van der Waals surface area contributed by atoms with Crippen LogP contribution in [0.1, 0.15) is 29.9 Å². The Morgan fingerprint density at radius 3 is 2.32 bits per heavy atom. The molecule has 1 aromatic carbocycles. The molecule has 2 N–H and O–H groups in total. The second-order valence-corrected chi connectivity index (χ2v) is 6.19. The Morgan fingerprint density at radius 1 is 1.16 bits per heavy atom. The highest BCUT2D eigenvalue weighted by Crippen LogP contribution is 2.29. The molecule has 102 valence electrons. The van der Waals surface area contributed by atoms with E-state index >= 15 is 0 Å². The summed E-state index contributed by atoms with van der Waals surface area (Å²) >= 11 is 1.66. The van der Waals surface area contributed by atoms with E-state index < -0.39 is 0 Å². The number of hydrogen-bond acceptors (Lipinski definition) is 4. The van der Waals surface area contributed by atoms with Gasteiger partial charge in [-0.05, 0) is 19.4 Å². The first kappa shape index (κ1) is 14.1. The predicted molar refractivity (Wildman–Crippen MR) is 79.2 cm³/mol. The Morgan fingerprint density at radius 2 is 1.79 bits per heavy atom. The number of aromatic nitrogens is 3. The van der Waals surface area contributed by atoms with Crippen LogP contribution >= 0.6 is 11.8 Å². The Labute approximate surface area is 118 Å². The molecule has 2 unspecified atom stereocenters. The fourth-order valence-corrected chi connectivity index (χ4v) is 2.80. The van der Waals surface area contributed by atoms with Gasteiger partial charge in [0.2, 0.25) is 0 Å². The maximum Gasteiger partial charge on any atom is 0.191 e. The molecular formula is C14H20N4S. The van der Waals surface area contributed by atoms with Crippen molar-refractivity contribution >= 4 is 11.8 Å². The van der Waals surface area contributed by atoms with Crippen molar-refractivity contribution in [1.82, 2.24) is 14.8 Å². The monoisotopic (exact) mass is 276 g/mol. The number of nitrogens with two attached hydrogens (primary N) is 1. The fourth-order valence-electron chi connectivity index (χ4n) is 1.79. The fraction of sp³-hybridized carbons (Fsp3) is 0.429. The summed E-state index contributed by atoms with van der Waals surface area (Å²) in [7, 11) is 1.97. The maximum atomic E-state index is 6.32. The molecule has 0 aliphatic heterocycles. The molecule has 0 bridgehead atoms. The van der Waals surface area contributed by atoms with E-state index in [4.69, 9.17) is 5.73 Å². The van der Waals surface area contributed by atoms with Crippen molar-refractivity contribution in [3.05, 3.63) is 41.2 Å². The zero-order valence-corrected chi connectivity index (χ0v) is 12.6. The second kappa shape index (κ2) is 5.75. The number of benzene rings is 1. The number of nitrogens with zero attached hydrogens (tertiary/aromatic N) is 3. The zero-order chi connectivity index (χ0) is 14.0. The Bertz CT molecular complexity index is 547. The molecule has 0 spiro atoms. The third-order valence-electron chi connectivity index (χ3n) is 3.31. The average molecular weight is 276 g/mol. The molecule has 0 radical (unpaired) electrons. The van der Waals surface area contributed by atoms with Crippen LogP contribution in [0.2, 0.25) is 0 Å². The van der Waals surface area contributed by atoms with Gasteiger partial charge in [-0.15, -0.1) is 10.2 Å². The maximum absolute atomic E-state index is 6.32. The first-order valence-corrected chi connectivity index (χ1v) is 7.22. The highest BCUT2D eigenvalue weighted by atomic mass is 32.2. The average Bonchev–Trinajstić information content (AvgIpc) is 2.71. The van der Waals surface area contributed by atoms with Crippen molar-refractivity contribution in [1.29, 1.82) is 0 Å². The standard InChI is InChI=1S/C14H20N4S/c1-9-5-7-12(8-6-9)13(15)10(2)19-14-17-16-11(3)18(14)4/h5-8,10,13H,15H2,1-4H3. The molecule has 19 heavy (non-hydrogen) atoms. The summed E-state index contributed by atoms with van der Waals surface area (Å²) in [6, 6.07) is 8.37.